The highest BCUT2D eigenvalue weighted by molar-refractivity contribution is 7.89. The van der Waals surface area contributed by atoms with E-state index in [9.17, 15) is 18.3 Å². The normalized spacial score (nSPS) is 16.3. The zero-order valence-electron chi connectivity index (χ0n) is 12.6. The summed E-state index contributed by atoms with van der Waals surface area (Å²) in [6.07, 6.45) is 3.92. The largest absolute Gasteiger partial charge is 0.476 e. The predicted octanol–water partition coefficient (Wildman–Crippen LogP) is 2.27. The lowest BCUT2D eigenvalue weighted by molar-refractivity contribution is 0.0693. The molecule has 0 atom stereocenters. The number of carboxylic acids is 1. The van der Waals surface area contributed by atoms with Gasteiger partial charge in [0.25, 0.3) is 0 Å². The number of pyridine rings is 1. The topological polar surface area (TPSA) is 87.6 Å². The lowest BCUT2D eigenvalue weighted by Crippen LogP contribution is -2.34. The molecule has 1 aliphatic rings. The summed E-state index contributed by atoms with van der Waals surface area (Å²) in [5.41, 5.74) is 1.03. The molecule has 0 fully saturated rings. The van der Waals surface area contributed by atoms with Gasteiger partial charge in [-0.1, -0.05) is 23.8 Å². The van der Waals surface area contributed by atoms with Crippen LogP contribution in [0.1, 0.15) is 23.8 Å². The Morgan fingerprint density at radius 3 is 2.70 bits per heavy atom. The molecule has 0 amide bonds. The third kappa shape index (κ3) is 2.73. The van der Waals surface area contributed by atoms with Gasteiger partial charge in [-0.05, 0) is 25.5 Å². The fourth-order valence-electron chi connectivity index (χ4n) is 2.68. The minimum Gasteiger partial charge on any atom is -0.476 e. The fourth-order valence-corrected chi connectivity index (χ4v) is 4.27. The molecule has 0 aliphatic carbocycles. The molecule has 2 aromatic rings. The van der Waals surface area contributed by atoms with Crippen molar-refractivity contribution in [2.24, 2.45) is 0 Å². The van der Waals surface area contributed by atoms with Crippen LogP contribution in [0.25, 0.3) is 10.8 Å². The lowest BCUT2D eigenvalue weighted by atomic mass is 10.1. The maximum atomic E-state index is 12.9. The van der Waals surface area contributed by atoms with Gasteiger partial charge < -0.3 is 5.11 Å². The number of benzene rings is 1. The number of fused-ring (bicyclic) bond motifs is 1. The summed E-state index contributed by atoms with van der Waals surface area (Å²) in [7, 11) is -3.69. The molecule has 0 saturated heterocycles. The van der Waals surface area contributed by atoms with Crippen LogP contribution in [0, 0.1) is 0 Å². The predicted molar refractivity (Wildman–Crippen MR) is 85.8 cm³/mol. The van der Waals surface area contributed by atoms with Crippen LogP contribution < -0.4 is 0 Å². The van der Waals surface area contributed by atoms with Gasteiger partial charge in [-0.15, -0.1) is 0 Å². The number of aromatic carboxylic acids is 1. The van der Waals surface area contributed by atoms with E-state index in [2.05, 4.69) is 4.98 Å². The lowest BCUT2D eigenvalue weighted by Gasteiger charge is -2.25. The Morgan fingerprint density at radius 2 is 2.04 bits per heavy atom. The summed E-state index contributed by atoms with van der Waals surface area (Å²) < 4.78 is 27.2. The maximum absolute atomic E-state index is 12.9. The number of rotatable bonds is 3. The first-order chi connectivity index (χ1) is 10.9. The highest BCUT2D eigenvalue weighted by Crippen LogP contribution is 2.28. The third-order valence-corrected chi connectivity index (χ3v) is 5.91. The minimum absolute atomic E-state index is 0.118. The van der Waals surface area contributed by atoms with Gasteiger partial charge in [0.05, 0.1) is 4.90 Å². The van der Waals surface area contributed by atoms with Crippen molar-refractivity contribution in [3.63, 3.8) is 0 Å². The van der Waals surface area contributed by atoms with Gasteiger partial charge in [0.1, 0.15) is 0 Å². The second-order valence-electron chi connectivity index (χ2n) is 5.48. The monoisotopic (exact) mass is 332 g/mol. The molecule has 0 unspecified atom stereocenters. The summed E-state index contributed by atoms with van der Waals surface area (Å²) in [5, 5.41) is 9.93. The van der Waals surface area contributed by atoms with Crippen molar-refractivity contribution >= 4 is 26.8 Å². The Balaban J connectivity index is 2.17. The first-order valence-electron chi connectivity index (χ1n) is 7.18. The van der Waals surface area contributed by atoms with Crippen molar-refractivity contribution < 1.29 is 18.3 Å². The molecule has 1 aromatic carbocycles. The highest BCUT2D eigenvalue weighted by Gasteiger charge is 2.27. The number of sulfonamides is 1. The highest BCUT2D eigenvalue weighted by atomic mass is 32.2. The molecule has 7 heteroatoms. The molecular weight excluding hydrogens is 316 g/mol. The number of nitrogens with zero attached hydrogens (tertiary/aromatic N) is 2. The SMILES string of the molecule is CC1=CCN(S(=O)(=O)c2cccc3c(C(=O)O)nccc23)CC1. The van der Waals surface area contributed by atoms with E-state index < -0.39 is 16.0 Å². The van der Waals surface area contributed by atoms with Crippen LogP contribution in [0.15, 0.2) is 47.0 Å². The average molecular weight is 332 g/mol. The Labute approximate surface area is 134 Å². The number of hydrogen-bond donors (Lipinski definition) is 1. The van der Waals surface area contributed by atoms with Crippen LogP contribution >= 0.6 is 0 Å². The first-order valence-corrected chi connectivity index (χ1v) is 8.62. The van der Waals surface area contributed by atoms with Crippen LogP contribution in [0.4, 0.5) is 0 Å². The third-order valence-electron chi connectivity index (χ3n) is 3.99. The molecule has 3 rings (SSSR count). The quantitative estimate of drug-likeness (QED) is 0.871. The summed E-state index contributed by atoms with van der Waals surface area (Å²) in [5.74, 6) is -1.18. The smallest absolute Gasteiger partial charge is 0.355 e. The average Bonchev–Trinajstić information content (AvgIpc) is 2.54. The van der Waals surface area contributed by atoms with Crippen molar-refractivity contribution in [2.75, 3.05) is 13.1 Å². The molecule has 1 N–H and O–H groups in total. The van der Waals surface area contributed by atoms with E-state index in [0.717, 1.165) is 0 Å². The standard InChI is InChI=1S/C16H16N2O4S/c1-11-6-9-18(10-7-11)23(21,22)14-4-2-3-13-12(14)5-8-17-15(13)16(19)20/h2-6,8H,7,9-10H2,1H3,(H,19,20). The van der Waals surface area contributed by atoms with Gasteiger partial charge in [-0.2, -0.15) is 4.31 Å². The fraction of sp³-hybridized carbons (Fsp3) is 0.250. The van der Waals surface area contributed by atoms with Gasteiger partial charge in [0.2, 0.25) is 10.0 Å². The molecule has 0 radical (unpaired) electrons. The van der Waals surface area contributed by atoms with E-state index in [1.165, 1.54) is 22.1 Å². The van der Waals surface area contributed by atoms with Gasteiger partial charge in [-0.25, -0.2) is 18.2 Å². The molecule has 6 nitrogen and oxygen atoms in total. The molecule has 120 valence electrons. The Hall–Kier alpha value is -2.25. The van der Waals surface area contributed by atoms with Crippen LogP contribution in [0.5, 0.6) is 0 Å². The summed E-state index contributed by atoms with van der Waals surface area (Å²) in [4.78, 5) is 15.2. The van der Waals surface area contributed by atoms with E-state index in [1.54, 1.807) is 18.2 Å². The van der Waals surface area contributed by atoms with Gasteiger partial charge in [-0.3, -0.25) is 0 Å². The second-order valence-corrected chi connectivity index (χ2v) is 7.39. The molecule has 0 spiro atoms. The molecule has 23 heavy (non-hydrogen) atoms. The summed E-state index contributed by atoms with van der Waals surface area (Å²) in [6.45, 7) is 2.74. The van der Waals surface area contributed by atoms with Crippen LogP contribution in [-0.2, 0) is 10.0 Å². The molecule has 0 saturated carbocycles. The van der Waals surface area contributed by atoms with Gasteiger partial charge >= 0.3 is 5.97 Å². The number of carbonyl (C=O) groups is 1. The van der Waals surface area contributed by atoms with E-state index in [1.807, 2.05) is 13.0 Å². The zero-order valence-corrected chi connectivity index (χ0v) is 13.4. The van der Waals surface area contributed by atoms with Crippen LogP contribution in [0.2, 0.25) is 0 Å². The number of aromatic nitrogens is 1. The first kappa shape index (κ1) is 15.6. The van der Waals surface area contributed by atoms with Crippen molar-refractivity contribution in [2.45, 2.75) is 18.2 Å². The Bertz CT molecular complexity index is 919. The molecule has 2 heterocycles. The van der Waals surface area contributed by atoms with Crippen molar-refractivity contribution in [3.05, 3.63) is 47.8 Å². The maximum Gasteiger partial charge on any atom is 0.355 e. The van der Waals surface area contributed by atoms with Crippen molar-refractivity contribution in [3.8, 4) is 0 Å². The number of hydrogen-bond acceptors (Lipinski definition) is 4. The minimum atomic E-state index is -3.69. The Morgan fingerprint density at radius 1 is 1.26 bits per heavy atom. The molecule has 0 bridgehead atoms. The van der Waals surface area contributed by atoms with Gasteiger partial charge in [0, 0.05) is 30.1 Å². The van der Waals surface area contributed by atoms with Crippen molar-refractivity contribution in [1.29, 1.82) is 0 Å². The second kappa shape index (κ2) is 5.75. The Kier molecular flexibility index (Phi) is 3.91. The number of carboxylic acid groups (broad SMARTS) is 1. The molecule has 1 aliphatic heterocycles. The molecular formula is C16H16N2O4S. The van der Waals surface area contributed by atoms with Crippen LogP contribution in [0.3, 0.4) is 0 Å². The van der Waals surface area contributed by atoms with E-state index in [-0.39, 0.29) is 10.6 Å². The summed E-state index contributed by atoms with van der Waals surface area (Å²) >= 11 is 0. The van der Waals surface area contributed by atoms with E-state index >= 15 is 0 Å². The van der Waals surface area contributed by atoms with Gasteiger partial charge in [0.15, 0.2) is 5.69 Å². The van der Waals surface area contributed by atoms with E-state index in [4.69, 9.17) is 0 Å². The van der Waals surface area contributed by atoms with Crippen LogP contribution in [-0.4, -0.2) is 41.9 Å². The summed E-state index contributed by atoms with van der Waals surface area (Å²) in [6, 6.07) is 6.17. The zero-order chi connectivity index (χ0) is 16.6. The van der Waals surface area contributed by atoms with E-state index in [0.29, 0.717) is 30.3 Å². The van der Waals surface area contributed by atoms with Crippen molar-refractivity contribution in [1.82, 2.24) is 9.29 Å². The molecule has 1 aromatic heterocycles.